The number of carboxylic acid groups (broad SMARTS) is 1. The summed E-state index contributed by atoms with van der Waals surface area (Å²) in [5, 5.41) is 8.86. The van der Waals surface area contributed by atoms with E-state index in [1.54, 1.807) is 0 Å². The van der Waals surface area contributed by atoms with Crippen molar-refractivity contribution in [2.24, 2.45) is 0 Å². The number of carbonyl (C=O) groups is 2. The molecule has 0 spiro atoms. The van der Waals surface area contributed by atoms with E-state index < -0.39 is 23.3 Å². The molecular formula is C11H9F3O3S. The molecular weight excluding hydrogens is 269 g/mol. The Morgan fingerprint density at radius 3 is 2.56 bits per heavy atom. The van der Waals surface area contributed by atoms with Gasteiger partial charge in [-0.3, -0.25) is 0 Å². The van der Waals surface area contributed by atoms with Gasteiger partial charge in [0.1, 0.15) is 6.29 Å². The smallest absolute Gasteiger partial charge is 0.416 e. The van der Waals surface area contributed by atoms with Crippen LogP contribution in [0.3, 0.4) is 0 Å². The SMILES string of the molecule is O=CCCSc1ccc(C(F)(F)F)cc1C(=O)O. The minimum absolute atomic E-state index is 0.213. The van der Waals surface area contributed by atoms with Crippen molar-refractivity contribution in [2.45, 2.75) is 17.5 Å². The van der Waals surface area contributed by atoms with E-state index >= 15 is 0 Å². The summed E-state index contributed by atoms with van der Waals surface area (Å²) in [4.78, 5) is 21.2. The Morgan fingerprint density at radius 1 is 1.39 bits per heavy atom. The lowest BCUT2D eigenvalue weighted by Crippen LogP contribution is -2.08. The number of thioether (sulfide) groups is 1. The predicted octanol–water partition coefficient (Wildman–Crippen LogP) is 3.08. The molecule has 0 amide bonds. The molecule has 98 valence electrons. The molecule has 0 saturated carbocycles. The van der Waals surface area contributed by atoms with E-state index in [9.17, 15) is 22.8 Å². The zero-order valence-corrected chi connectivity index (χ0v) is 9.85. The second kappa shape index (κ2) is 5.90. The molecule has 0 aliphatic carbocycles. The Morgan fingerprint density at radius 2 is 2.06 bits per heavy atom. The normalized spacial score (nSPS) is 11.3. The van der Waals surface area contributed by atoms with Gasteiger partial charge in [0.2, 0.25) is 0 Å². The van der Waals surface area contributed by atoms with Gasteiger partial charge in [0.15, 0.2) is 0 Å². The molecule has 0 aliphatic rings. The quantitative estimate of drug-likeness (QED) is 0.511. The van der Waals surface area contributed by atoms with Gasteiger partial charge in [-0.15, -0.1) is 11.8 Å². The van der Waals surface area contributed by atoms with Gasteiger partial charge in [-0.1, -0.05) is 0 Å². The number of hydrogen-bond acceptors (Lipinski definition) is 3. The predicted molar refractivity (Wildman–Crippen MR) is 59.8 cm³/mol. The van der Waals surface area contributed by atoms with Crippen LogP contribution >= 0.6 is 11.8 Å². The average molecular weight is 278 g/mol. The van der Waals surface area contributed by atoms with Crippen LogP contribution in [0, 0.1) is 0 Å². The molecule has 0 saturated heterocycles. The third-order valence-electron chi connectivity index (χ3n) is 2.03. The van der Waals surface area contributed by atoms with Crippen LogP contribution in [-0.4, -0.2) is 23.1 Å². The highest BCUT2D eigenvalue weighted by molar-refractivity contribution is 7.99. The van der Waals surface area contributed by atoms with E-state index in [0.29, 0.717) is 18.1 Å². The second-order valence-corrected chi connectivity index (χ2v) is 4.45. The topological polar surface area (TPSA) is 54.4 Å². The fraction of sp³-hybridized carbons (Fsp3) is 0.273. The van der Waals surface area contributed by atoms with E-state index in [0.717, 1.165) is 23.9 Å². The molecule has 3 nitrogen and oxygen atoms in total. The van der Waals surface area contributed by atoms with E-state index in [1.165, 1.54) is 0 Å². The third-order valence-corrected chi connectivity index (χ3v) is 3.14. The van der Waals surface area contributed by atoms with Crippen LogP contribution in [0.25, 0.3) is 0 Å². The lowest BCUT2D eigenvalue weighted by molar-refractivity contribution is -0.137. The molecule has 7 heteroatoms. The van der Waals surface area contributed by atoms with Gasteiger partial charge in [-0.2, -0.15) is 13.2 Å². The number of aromatic carboxylic acids is 1. The van der Waals surface area contributed by atoms with Crippen molar-refractivity contribution in [3.63, 3.8) is 0 Å². The summed E-state index contributed by atoms with van der Waals surface area (Å²) in [6.45, 7) is 0. The molecule has 0 aromatic heterocycles. The van der Waals surface area contributed by atoms with Crippen LogP contribution in [0.2, 0.25) is 0 Å². The van der Waals surface area contributed by atoms with Gasteiger partial charge >= 0.3 is 12.1 Å². The number of carboxylic acids is 1. The Labute approximate surface area is 105 Å². The van der Waals surface area contributed by atoms with Gasteiger partial charge < -0.3 is 9.90 Å². The summed E-state index contributed by atoms with van der Waals surface area (Å²) in [6, 6.07) is 2.54. The highest BCUT2D eigenvalue weighted by Crippen LogP contribution is 2.33. The molecule has 0 heterocycles. The highest BCUT2D eigenvalue weighted by atomic mass is 32.2. The van der Waals surface area contributed by atoms with Gasteiger partial charge in [-0.05, 0) is 18.2 Å². The van der Waals surface area contributed by atoms with Crippen molar-refractivity contribution in [2.75, 3.05) is 5.75 Å². The summed E-state index contributed by atoms with van der Waals surface area (Å²) in [6.07, 6.45) is -3.70. The van der Waals surface area contributed by atoms with Crippen LogP contribution in [-0.2, 0) is 11.0 Å². The molecule has 0 fully saturated rings. The minimum Gasteiger partial charge on any atom is -0.478 e. The molecule has 0 aliphatic heterocycles. The third kappa shape index (κ3) is 3.76. The van der Waals surface area contributed by atoms with Crippen molar-refractivity contribution in [1.29, 1.82) is 0 Å². The van der Waals surface area contributed by atoms with E-state index in [1.807, 2.05) is 0 Å². The Balaban J connectivity index is 3.05. The Hall–Kier alpha value is -1.50. The minimum atomic E-state index is -4.57. The molecule has 0 radical (unpaired) electrons. The van der Waals surface area contributed by atoms with Crippen LogP contribution in [0.1, 0.15) is 22.3 Å². The molecule has 1 N–H and O–H groups in total. The first-order valence-electron chi connectivity index (χ1n) is 4.87. The van der Waals surface area contributed by atoms with Crippen molar-refractivity contribution in [1.82, 2.24) is 0 Å². The Bertz CT molecular complexity index is 457. The van der Waals surface area contributed by atoms with Crippen LogP contribution in [0.15, 0.2) is 23.1 Å². The zero-order valence-electron chi connectivity index (χ0n) is 9.03. The van der Waals surface area contributed by atoms with Crippen molar-refractivity contribution < 1.29 is 27.9 Å². The van der Waals surface area contributed by atoms with Gasteiger partial charge in [0.05, 0.1) is 11.1 Å². The summed E-state index contributed by atoms with van der Waals surface area (Å²) in [7, 11) is 0. The number of hydrogen-bond donors (Lipinski definition) is 1. The number of alkyl halides is 3. The van der Waals surface area contributed by atoms with Gasteiger partial charge in [-0.25, -0.2) is 4.79 Å². The van der Waals surface area contributed by atoms with E-state index in [4.69, 9.17) is 5.11 Å². The summed E-state index contributed by atoms with van der Waals surface area (Å²) in [5.41, 5.74) is -1.40. The van der Waals surface area contributed by atoms with E-state index in [-0.39, 0.29) is 11.3 Å². The number of carbonyl (C=O) groups excluding carboxylic acids is 1. The number of aldehydes is 1. The average Bonchev–Trinajstić information content (AvgIpc) is 2.28. The summed E-state index contributed by atoms with van der Waals surface area (Å²) in [5.74, 6) is -1.09. The second-order valence-electron chi connectivity index (χ2n) is 3.32. The van der Waals surface area contributed by atoms with Crippen LogP contribution in [0.5, 0.6) is 0 Å². The largest absolute Gasteiger partial charge is 0.478 e. The van der Waals surface area contributed by atoms with Crippen molar-refractivity contribution in [3.8, 4) is 0 Å². The fourth-order valence-corrected chi connectivity index (χ4v) is 2.12. The summed E-state index contributed by atoms with van der Waals surface area (Å²) >= 11 is 1.04. The number of halogens is 3. The van der Waals surface area contributed by atoms with Gasteiger partial charge in [0, 0.05) is 17.1 Å². The summed E-state index contributed by atoms with van der Waals surface area (Å²) < 4.78 is 37.3. The zero-order chi connectivity index (χ0) is 13.8. The maximum atomic E-state index is 12.4. The number of rotatable bonds is 5. The van der Waals surface area contributed by atoms with Gasteiger partial charge in [0.25, 0.3) is 0 Å². The first kappa shape index (κ1) is 14.6. The van der Waals surface area contributed by atoms with E-state index in [2.05, 4.69) is 0 Å². The monoisotopic (exact) mass is 278 g/mol. The number of benzene rings is 1. The maximum absolute atomic E-state index is 12.4. The van der Waals surface area contributed by atoms with Crippen molar-refractivity contribution >= 4 is 24.0 Å². The fourth-order valence-electron chi connectivity index (χ4n) is 1.22. The molecule has 1 aromatic carbocycles. The molecule has 0 bridgehead atoms. The molecule has 0 unspecified atom stereocenters. The lowest BCUT2D eigenvalue weighted by Gasteiger charge is -2.10. The first-order valence-corrected chi connectivity index (χ1v) is 5.86. The highest BCUT2D eigenvalue weighted by Gasteiger charge is 2.31. The standard InChI is InChI=1S/C11H9F3O3S/c12-11(13,14)7-2-3-9(18-5-1-4-15)8(6-7)10(16)17/h2-4,6H,1,5H2,(H,16,17). The molecule has 18 heavy (non-hydrogen) atoms. The molecule has 0 atom stereocenters. The van der Waals surface area contributed by atoms with Crippen molar-refractivity contribution in [3.05, 3.63) is 29.3 Å². The molecule has 1 aromatic rings. The lowest BCUT2D eigenvalue weighted by atomic mass is 10.1. The maximum Gasteiger partial charge on any atom is 0.416 e. The first-order chi connectivity index (χ1) is 8.36. The molecule has 1 rings (SSSR count). The Kier molecular flexibility index (Phi) is 4.77. The van der Waals surface area contributed by atoms with Crippen LogP contribution < -0.4 is 0 Å². The van der Waals surface area contributed by atoms with Crippen LogP contribution in [0.4, 0.5) is 13.2 Å².